The van der Waals surface area contributed by atoms with E-state index in [1.165, 1.54) is 0 Å². The van der Waals surface area contributed by atoms with Crippen molar-refractivity contribution in [3.63, 3.8) is 0 Å². The molecule has 27 heavy (non-hydrogen) atoms. The lowest BCUT2D eigenvalue weighted by molar-refractivity contribution is -0.116. The Kier molecular flexibility index (Phi) is 4.28. The topological polar surface area (TPSA) is 101 Å². The molecule has 0 unspecified atom stereocenters. The van der Waals surface area contributed by atoms with Gasteiger partial charge in [0.05, 0.1) is 0 Å². The third-order valence-corrected chi connectivity index (χ3v) is 4.67. The first kappa shape index (κ1) is 17.1. The van der Waals surface area contributed by atoms with Gasteiger partial charge in [-0.05, 0) is 24.6 Å². The molecule has 2 N–H and O–H groups in total. The van der Waals surface area contributed by atoms with E-state index >= 15 is 0 Å². The molecule has 1 aromatic heterocycles. The molecule has 4 rings (SSSR count). The number of fused-ring (bicyclic) bond motifs is 1. The smallest absolute Gasteiger partial charge is 0.231 e. The summed E-state index contributed by atoms with van der Waals surface area (Å²) in [5.74, 6) is 4.32. The number of anilines is 1. The minimum atomic E-state index is -0.467. The van der Waals surface area contributed by atoms with Gasteiger partial charge in [0, 0.05) is 36.9 Å². The van der Waals surface area contributed by atoms with Crippen molar-refractivity contribution in [2.45, 2.75) is 38.3 Å². The Morgan fingerprint density at radius 2 is 2.15 bits per heavy atom. The SMILES string of the molecule is C#CCCC1(CCC(=O)Nc2n[nH]c(C)c2-c2ccc3c(c2)OCO3)N=N1. The van der Waals surface area contributed by atoms with E-state index in [1.54, 1.807) is 0 Å². The van der Waals surface area contributed by atoms with E-state index in [0.717, 1.165) is 16.8 Å². The molecule has 8 nitrogen and oxygen atoms in total. The first-order valence-electron chi connectivity index (χ1n) is 8.73. The fourth-order valence-corrected chi connectivity index (χ4v) is 3.10. The number of nitrogens with one attached hydrogen (secondary N) is 2. The summed E-state index contributed by atoms with van der Waals surface area (Å²) in [5.41, 5.74) is 2.09. The average molecular weight is 365 g/mol. The summed E-state index contributed by atoms with van der Waals surface area (Å²) in [6, 6.07) is 5.64. The molecule has 0 bridgehead atoms. The molecule has 0 aliphatic carbocycles. The number of carbonyl (C=O) groups excluding carboxylic acids is 1. The summed E-state index contributed by atoms with van der Waals surface area (Å²) >= 11 is 0. The number of aryl methyl sites for hydroxylation is 1. The van der Waals surface area contributed by atoms with Gasteiger partial charge in [-0.3, -0.25) is 9.89 Å². The summed E-state index contributed by atoms with van der Waals surface area (Å²) in [6.45, 7) is 2.11. The highest BCUT2D eigenvalue weighted by Crippen LogP contribution is 2.39. The zero-order valence-corrected chi connectivity index (χ0v) is 14.9. The van der Waals surface area contributed by atoms with Crippen LogP contribution in [0.5, 0.6) is 11.5 Å². The molecule has 0 saturated heterocycles. The minimum Gasteiger partial charge on any atom is -0.454 e. The maximum Gasteiger partial charge on any atom is 0.231 e. The second-order valence-electron chi connectivity index (χ2n) is 6.58. The van der Waals surface area contributed by atoms with Crippen LogP contribution in [0.3, 0.4) is 0 Å². The van der Waals surface area contributed by atoms with Crippen LogP contribution in [0.15, 0.2) is 28.4 Å². The number of benzene rings is 1. The minimum absolute atomic E-state index is 0.138. The number of terminal acetylenes is 1. The number of amides is 1. The number of aromatic nitrogens is 2. The molecule has 0 saturated carbocycles. The van der Waals surface area contributed by atoms with Crippen LogP contribution in [0.4, 0.5) is 5.82 Å². The molecule has 2 aliphatic heterocycles. The number of carbonyl (C=O) groups is 1. The summed E-state index contributed by atoms with van der Waals surface area (Å²) in [4.78, 5) is 12.4. The summed E-state index contributed by atoms with van der Waals surface area (Å²) in [6.07, 6.45) is 7.41. The number of aromatic amines is 1. The van der Waals surface area contributed by atoms with Gasteiger partial charge in [-0.15, -0.1) is 12.3 Å². The van der Waals surface area contributed by atoms with Gasteiger partial charge in [-0.1, -0.05) is 6.07 Å². The largest absolute Gasteiger partial charge is 0.454 e. The summed E-state index contributed by atoms with van der Waals surface area (Å²) in [5, 5.41) is 18.1. The Bertz CT molecular complexity index is 951. The van der Waals surface area contributed by atoms with Gasteiger partial charge in [-0.2, -0.15) is 15.3 Å². The Morgan fingerprint density at radius 3 is 2.93 bits per heavy atom. The standard InChI is InChI=1S/C19H19N5O3/c1-3-4-8-19(23-24-19)9-7-16(25)20-18-17(12(2)21-22-18)13-5-6-14-15(10-13)27-11-26-14/h1,5-6,10H,4,7-9,11H2,2H3,(H2,20,21,22,25). The van der Waals surface area contributed by atoms with Crippen LogP contribution in [0, 0.1) is 19.3 Å². The summed E-state index contributed by atoms with van der Waals surface area (Å²) < 4.78 is 10.8. The molecule has 1 amide bonds. The van der Waals surface area contributed by atoms with Crippen molar-refractivity contribution in [2.24, 2.45) is 10.2 Å². The lowest BCUT2D eigenvalue weighted by Crippen LogP contribution is -2.18. The Hall–Kier alpha value is -3.34. The molecule has 138 valence electrons. The van der Waals surface area contributed by atoms with Gasteiger partial charge in [0.1, 0.15) is 0 Å². The monoisotopic (exact) mass is 365 g/mol. The number of hydrogen-bond donors (Lipinski definition) is 2. The van der Waals surface area contributed by atoms with E-state index in [9.17, 15) is 4.79 Å². The third kappa shape index (κ3) is 3.49. The molecule has 0 spiro atoms. The molecule has 0 fully saturated rings. The van der Waals surface area contributed by atoms with E-state index < -0.39 is 5.66 Å². The number of ether oxygens (including phenoxy) is 2. The van der Waals surface area contributed by atoms with E-state index in [2.05, 4.69) is 31.7 Å². The predicted molar refractivity (Wildman–Crippen MR) is 98.4 cm³/mol. The lowest BCUT2D eigenvalue weighted by atomic mass is 10.0. The van der Waals surface area contributed by atoms with Gasteiger partial charge < -0.3 is 14.8 Å². The highest BCUT2D eigenvalue weighted by molar-refractivity contribution is 5.94. The van der Waals surface area contributed by atoms with E-state index in [1.807, 2.05) is 25.1 Å². The van der Waals surface area contributed by atoms with Crippen molar-refractivity contribution in [3.8, 4) is 35.0 Å². The predicted octanol–water partition coefficient (Wildman–Crippen LogP) is 3.41. The van der Waals surface area contributed by atoms with E-state index in [-0.39, 0.29) is 12.7 Å². The van der Waals surface area contributed by atoms with Crippen molar-refractivity contribution < 1.29 is 14.3 Å². The molecule has 2 aliphatic rings. The third-order valence-electron chi connectivity index (χ3n) is 4.67. The maximum absolute atomic E-state index is 12.4. The van der Waals surface area contributed by atoms with Crippen molar-refractivity contribution in [2.75, 3.05) is 12.1 Å². The van der Waals surface area contributed by atoms with Crippen molar-refractivity contribution in [1.82, 2.24) is 10.2 Å². The molecule has 0 atom stereocenters. The van der Waals surface area contributed by atoms with Crippen LogP contribution >= 0.6 is 0 Å². The van der Waals surface area contributed by atoms with E-state index in [0.29, 0.717) is 43.0 Å². The lowest BCUT2D eigenvalue weighted by Gasteiger charge is -2.10. The highest BCUT2D eigenvalue weighted by atomic mass is 16.7. The molecule has 2 aromatic rings. The molecule has 8 heteroatoms. The zero-order valence-electron chi connectivity index (χ0n) is 14.9. The molecular weight excluding hydrogens is 346 g/mol. The van der Waals surface area contributed by atoms with Gasteiger partial charge in [0.15, 0.2) is 23.0 Å². The fourth-order valence-electron chi connectivity index (χ4n) is 3.10. The first-order chi connectivity index (χ1) is 13.1. The highest BCUT2D eigenvalue weighted by Gasteiger charge is 2.39. The van der Waals surface area contributed by atoms with Gasteiger partial charge in [-0.25, -0.2) is 0 Å². The Labute approximate surface area is 156 Å². The number of nitrogens with zero attached hydrogens (tertiary/aromatic N) is 3. The van der Waals surface area contributed by atoms with Crippen LogP contribution < -0.4 is 14.8 Å². The quantitative estimate of drug-likeness (QED) is 0.734. The van der Waals surface area contributed by atoms with Crippen LogP contribution in [-0.2, 0) is 4.79 Å². The van der Waals surface area contributed by atoms with Crippen molar-refractivity contribution in [3.05, 3.63) is 23.9 Å². The number of H-pyrrole nitrogens is 1. The van der Waals surface area contributed by atoms with Gasteiger partial charge >= 0.3 is 0 Å². The average Bonchev–Trinajstić information content (AvgIpc) is 3.12. The Balaban J connectivity index is 1.44. The molecule has 0 radical (unpaired) electrons. The maximum atomic E-state index is 12.4. The van der Waals surface area contributed by atoms with Crippen LogP contribution in [0.1, 0.15) is 31.4 Å². The van der Waals surface area contributed by atoms with E-state index in [4.69, 9.17) is 15.9 Å². The Morgan fingerprint density at radius 1 is 1.33 bits per heavy atom. The molecule has 3 heterocycles. The van der Waals surface area contributed by atoms with Crippen LogP contribution in [0.2, 0.25) is 0 Å². The molecular formula is C19H19N5O3. The van der Waals surface area contributed by atoms with Crippen LogP contribution in [-0.4, -0.2) is 28.6 Å². The number of hydrogen-bond acceptors (Lipinski definition) is 6. The normalized spacial score (nSPS) is 15.4. The number of rotatable bonds is 7. The fraction of sp³-hybridized carbons (Fsp3) is 0.368. The zero-order chi connectivity index (χ0) is 18.9. The first-order valence-corrected chi connectivity index (χ1v) is 8.73. The second kappa shape index (κ2) is 6.76. The van der Waals surface area contributed by atoms with Crippen LogP contribution in [0.25, 0.3) is 11.1 Å². The molecule has 1 aromatic carbocycles. The van der Waals surface area contributed by atoms with Crippen molar-refractivity contribution in [1.29, 1.82) is 0 Å². The van der Waals surface area contributed by atoms with Gasteiger partial charge in [0.25, 0.3) is 0 Å². The van der Waals surface area contributed by atoms with Crippen molar-refractivity contribution >= 4 is 11.7 Å². The summed E-state index contributed by atoms with van der Waals surface area (Å²) in [7, 11) is 0. The van der Waals surface area contributed by atoms with Gasteiger partial charge in [0.2, 0.25) is 12.7 Å². The second-order valence-corrected chi connectivity index (χ2v) is 6.58.